The molecule has 3 aromatic carbocycles. The molecular weight excluding hydrogens is 384 g/mol. The number of aromatic hydroxyl groups is 3. The molecule has 30 heavy (non-hydrogen) atoms. The van der Waals surface area contributed by atoms with Crippen LogP contribution in [0.25, 0.3) is 22.6 Å². The second-order valence-corrected chi connectivity index (χ2v) is 6.70. The van der Waals surface area contributed by atoms with Gasteiger partial charge in [0.05, 0.1) is 6.54 Å². The molecule has 0 aliphatic rings. The average molecular weight is 402 g/mol. The van der Waals surface area contributed by atoms with Crippen molar-refractivity contribution < 1.29 is 24.6 Å². The van der Waals surface area contributed by atoms with Gasteiger partial charge in [-0.1, -0.05) is 17.3 Å². The van der Waals surface area contributed by atoms with Crippen LogP contribution in [-0.4, -0.2) is 26.9 Å². The second-order valence-electron chi connectivity index (χ2n) is 6.70. The first kappa shape index (κ1) is 19.1. The molecule has 4 aromatic rings. The van der Waals surface area contributed by atoms with Gasteiger partial charge in [-0.2, -0.15) is 0 Å². The highest BCUT2D eigenvalue weighted by molar-refractivity contribution is 5.93. The molecule has 1 amide bonds. The minimum Gasteiger partial charge on any atom is -0.508 e. The van der Waals surface area contributed by atoms with E-state index in [1.165, 1.54) is 29.2 Å². The molecule has 0 aliphatic carbocycles. The molecule has 0 spiro atoms. The topological polar surface area (TPSA) is 107 Å². The Kier molecular flexibility index (Phi) is 5.09. The molecule has 0 radical (unpaired) electrons. The fraction of sp³-hybridized carbons (Fsp3) is 0.0435. The highest BCUT2D eigenvalue weighted by atomic mass is 16.5. The van der Waals surface area contributed by atoms with Crippen molar-refractivity contribution in [1.29, 1.82) is 0 Å². The van der Waals surface area contributed by atoms with Gasteiger partial charge < -0.3 is 24.7 Å². The molecule has 3 N–H and O–H groups in total. The van der Waals surface area contributed by atoms with Gasteiger partial charge in [0.15, 0.2) is 5.76 Å². The highest BCUT2D eigenvalue weighted by Gasteiger charge is 2.24. The van der Waals surface area contributed by atoms with Gasteiger partial charge in [-0.3, -0.25) is 4.79 Å². The van der Waals surface area contributed by atoms with Crippen LogP contribution in [0, 0.1) is 0 Å². The lowest BCUT2D eigenvalue weighted by Crippen LogP contribution is -2.21. The van der Waals surface area contributed by atoms with Gasteiger partial charge in [-0.15, -0.1) is 0 Å². The van der Waals surface area contributed by atoms with Crippen molar-refractivity contribution in [2.24, 2.45) is 0 Å². The number of amides is 1. The summed E-state index contributed by atoms with van der Waals surface area (Å²) in [4.78, 5) is 13.5. The van der Waals surface area contributed by atoms with Crippen molar-refractivity contribution in [1.82, 2.24) is 5.16 Å². The number of hydrogen-bond donors (Lipinski definition) is 3. The molecule has 150 valence electrons. The summed E-state index contributed by atoms with van der Waals surface area (Å²) in [5.41, 5.74) is 2.99. The monoisotopic (exact) mass is 402 g/mol. The van der Waals surface area contributed by atoms with Crippen molar-refractivity contribution >= 4 is 12.1 Å². The van der Waals surface area contributed by atoms with E-state index in [2.05, 4.69) is 5.16 Å². The summed E-state index contributed by atoms with van der Waals surface area (Å²) in [6, 6.07) is 19.3. The van der Waals surface area contributed by atoms with E-state index in [1.807, 2.05) is 0 Å². The predicted molar refractivity (Wildman–Crippen MR) is 111 cm³/mol. The third-order valence-electron chi connectivity index (χ3n) is 4.64. The lowest BCUT2D eigenvalue weighted by atomic mass is 10.0. The van der Waals surface area contributed by atoms with Crippen molar-refractivity contribution in [3.05, 3.63) is 78.4 Å². The van der Waals surface area contributed by atoms with Crippen LogP contribution in [0.4, 0.5) is 5.69 Å². The van der Waals surface area contributed by atoms with Crippen LogP contribution >= 0.6 is 0 Å². The first-order valence-electron chi connectivity index (χ1n) is 9.13. The molecule has 4 rings (SSSR count). The number of hydrogen-bond acceptors (Lipinski definition) is 6. The van der Waals surface area contributed by atoms with Gasteiger partial charge in [-0.25, -0.2) is 0 Å². The summed E-state index contributed by atoms with van der Waals surface area (Å²) >= 11 is 0. The molecular formula is C23H18N2O5. The van der Waals surface area contributed by atoms with E-state index in [-0.39, 0.29) is 23.8 Å². The zero-order valence-electron chi connectivity index (χ0n) is 15.8. The van der Waals surface area contributed by atoms with E-state index in [4.69, 9.17) is 4.52 Å². The van der Waals surface area contributed by atoms with Crippen LogP contribution in [0.2, 0.25) is 0 Å². The smallest absolute Gasteiger partial charge is 0.214 e. The predicted octanol–water partition coefficient (Wildman–Crippen LogP) is 4.29. The highest BCUT2D eigenvalue weighted by Crippen LogP contribution is 2.40. The van der Waals surface area contributed by atoms with Crippen LogP contribution in [-0.2, 0) is 11.3 Å². The van der Waals surface area contributed by atoms with E-state index >= 15 is 0 Å². The minimum absolute atomic E-state index is 0.106. The molecule has 7 nitrogen and oxygen atoms in total. The maximum Gasteiger partial charge on any atom is 0.214 e. The van der Waals surface area contributed by atoms with Gasteiger partial charge >= 0.3 is 0 Å². The third-order valence-corrected chi connectivity index (χ3v) is 4.64. The summed E-state index contributed by atoms with van der Waals surface area (Å²) in [7, 11) is 0. The number of aromatic nitrogens is 1. The van der Waals surface area contributed by atoms with Crippen molar-refractivity contribution in [2.45, 2.75) is 6.54 Å². The molecule has 0 saturated heterocycles. The quantitative estimate of drug-likeness (QED) is 0.416. The Morgan fingerprint density at radius 3 is 1.80 bits per heavy atom. The number of anilines is 1. The number of carbonyl (C=O) groups is 1. The van der Waals surface area contributed by atoms with Crippen LogP contribution < -0.4 is 4.90 Å². The Morgan fingerprint density at radius 1 is 0.767 bits per heavy atom. The van der Waals surface area contributed by atoms with Gasteiger partial charge in [0.2, 0.25) is 6.41 Å². The molecule has 0 atom stereocenters. The number of nitrogens with zero attached hydrogens (tertiary/aromatic N) is 2. The Balaban J connectivity index is 1.83. The minimum atomic E-state index is 0.106. The summed E-state index contributed by atoms with van der Waals surface area (Å²) in [6.07, 6.45) is 0.688. The van der Waals surface area contributed by atoms with Crippen LogP contribution in [0.3, 0.4) is 0 Å². The molecule has 0 fully saturated rings. The molecule has 0 unspecified atom stereocenters. The average Bonchev–Trinajstić information content (AvgIpc) is 3.19. The number of phenols is 3. The SMILES string of the molecule is O=CN(Cc1ccc(O)cc1)c1c(-c2ccc(O)cc2)noc1-c1ccc(O)cc1. The van der Waals surface area contributed by atoms with Gasteiger partial charge in [-0.05, 0) is 66.2 Å². The zero-order valence-corrected chi connectivity index (χ0v) is 15.8. The first-order valence-corrected chi connectivity index (χ1v) is 9.13. The van der Waals surface area contributed by atoms with Crippen molar-refractivity contribution in [3.8, 4) is 39.8 Å². The van der Waals surface area contributed by atoms with Gasteiger partial charge in [0.25, 0.3) is 0 Å². The van der Waals surface area contributed by atoms with E-state index in [0.717, 1.165) is 5.56 Å². The number of benzene rings is 3. The van der Waals surface area contributed by atoms with Crippen LogP contribution in [0.1, 0.15) is 5.56 Å². The maximum atomic E-state index is 12.1. The first-order chi connectivity index (χ1) is 14.5. The molecule has 0 aliphatic heterocycles. The normalized spacial score (nSPS) is 10.7. The van der Waals surface area contributed by atoms with Crippen molar-refractivity contribution in [3.63, 3.8) is 0 Å². The second kappa shape index (κ2) is 8.00. The van der Waals surface area contributed by atoms with Crippen LogP contribution in [0.15, 0.2) is 77.3 Å². The molecule has 7 heteroatoms. The lowest BCUT2D eigenvalue weighted by molar-refractivity contribution is -0.107. The summed E-state index contributed by atoms with van der Waals surface area (Å²) in [5, 5.41) is 32.9. The van der Waals surface area contributed by atoms with Crippen LogP contribution in [0.5, 0.6) is 17.2 Å². The summed E-state index contributed by atoms with van der Waals surface area (Å²) in [6.45, 7) is 0.223. The van der Waals surface area contributed by atoms with E-state index in [9.17, 15) is 20.1 Å². The summed E-state index contributed by atoms with van der Waals surface area (Å²) < 4.78 is 5.61. The Morgan fingerprint density at radius 2 is 1.27 bits per heavy atom. The van der Waals surface area contributed by atoms with E-state index in [1.54, 1.807) is 48.5 Å². The Bertz CT molecular complexity index is 1090. The maximum absolute atomic E-state index is 12.1. The third kappa shape index (κ3) is 3.81. The largest absolute Gasteiger partial charge is 0.508 e. The lowest BCUT2D eigenvalue weighted by Gasteiger charge is -2.18. The molecule has 1 aromatic heterocycles. The molecule has 0 saturated carbocycles. The molecule has 0 bridgehead atoms. The van der Waals surface area contributed by atoms with Gasteiger partial charge in [0, 0.05) is 11.1 Å². The zero-order chi connectivity index (χ0) is 21.1. The molecule has 1 heterocycles. The standard InChI is InChI=1S/C23H18N2O5/c26-14-25(13-15-1-7-18(27)8-2-15)22-21(16-3-9-19(28)10-4-16)24-30-23(22)17-5-11-20(29)12-6-17/h1-12,14,27-29H,13H2. The number of rotatable bonds is 6. The number of carbonyl (C=O) groups excluding carboxylic acids is 1. The Labute approximate surface area is 172 Å². The van der Waals surface area contributed by atoms with Crippen molar-refractivity contribution in [2.75, 3.05) is 4.90 Å². The van der Waals surface area contributed by atoms with Gasteiger partial charge in [0.1, 0.15) is 28.6 Å². The fourth-order valence-corrected chi connectivity index (χ4v) is 3.13. The van der Waals surface area contributed by atoms with E-state index < -0.39 is 0 Å². The Hall–Kier alpha value is -4.26. The fourth-order valence-electron chi connectivity index (χ4n) is 3.13. The van der Waals surface area contributed by atoms with E-state index in [0.29, 0.717) is 34.7 Å². The number of phenolic OH excluding ortho intramolecular Hbond substituents is 3. The summed E-state index contributed by atoms with van der Waals surface area (Å²) in [5.74, 6) is 0.716.